The smallest absolute Gasteiger partial charge is 0.326 e. The monoisotopic (exact) mass is 284 g/mol. The number of nitrogens with one attached hydrogen (secondary N) is 1. The quantitative estimate of drug-likeness (QED) is 0.873. The summed E-state index contributed by atoms with van der Waals surface area (Å²) in [6.07, 6.45) is 0. The molecule has 0 aromatic carbocycles. The summed E-state index contributed by atoms with van der Waals surface area (Å²) in [6, 6.07) is 2.56. The van der Waals surface area contributed by atoms with E-state index in [9.17, 15) is 9.59 Å². The Bertz CT molecular complexity index is 431. The lowest BCUT2D eigenvalue weighted by atomic mass is 10.1. The number of urea groups is 1. The molecule has 0 spiro atoms. The first-order valence-electron chi connectivity index (χ1n) is 6.14. The van der Waals surface area contributed by atoms with Crippen molar-refractivity contribution in [1.29, 1.82) is 0 Å². The van der Waals surface area contributed by atoms with Crippen LogP contribution in [0.4, 0.5) is 4.79 Å². The fourth-order valence-electron chi connectivity index (χ4n) is 1.64. The Morgan fingerprint density at radius 2 is 2.00 bits per heavy atom. The Morgan fingerprint density at radius 3 is 2.42 bits per heavy atom. The van der Waals surface area contributed by atoms with Gasteiger partial charge < -0.3 is 15.3 Å². The molecule has 0 bridgehead atoms. The van der Waals surface area contributed by atoms with E-state index in [1.54, 1.807) is 32.2 Å². The Balaban J connectivity index is 2.69. The predicted octanol–water partition coefficient (Wildman–Crippen LogP) is 2.56. The first-order chi connectivity index (χ1) is 8.84. The molecule has 1 heterocycles. The topological polar surface area (TPSA) is 69.6 Å². The number of carboxylic acid groups (broad SMARTS) is 1. The number of nitrogens with zero attached hydrogens (tertiary/aromatic N) is 1. The molecular weight excluding hydrogens is 264 g/mol. The van der Waals surface area contributed by atoms with E-state index in [1.165, 1.54) is 4.90 Å². The number of hydrogen-bond donors (Lipinski definition) is 2. The van der Waals surface area contributed by atoms with E-state index >= 15 is 0 Å². The molecule has 2 unspecified atom stereocenters. The number of carbonyl (C=O) groups is 2. The number of rotatable bonds is 5. The first kappa shape index (κ1) is 15.5. The number of amides is 2. The average molecular weight is 284 g/mol. The third-order valence-corrected chi connectivity index (χ3v) is 4.11. The summed E-state index contributed by atoms with van der Waals surface area (Å²) in [4.78, 5) is 25.7. The molecule has 106 valence electrons. The molecule has 0 radical (unpaired) electrons. The lowest BCUT2D eigenvalue weighted by molar-refractivity contribution is -0.140. The third-order valence-electron chi connectivity index (χ3n) is 3.07. The van der Waals surface area contributed by atoms with Gasteiger partial charge >= 0.3 is 12.0 Å². The van der Waals surface area contributed by atoms with Crippen LogP contribution in [0, 0.1) is 5.92 Å². The van der Waals surface area contributed by atoms with Gasteiger partial charge in [-0.25, -0.2) is 9.59 Å². The minimum Gasteiger partial charge on any atom is -0.480 e. The van der Waals surface area contributed by atoms with Gasteiger partial charge in [0.1, 0.15) is 6.04 Å². The molecule has 19 heavy (non-hydrogen) atoms. The number of carboxylic acids is 1. The van der Waals surface area contributed by atoms with Crippen LogP contribution in [-0.2, 0) is 4.79 Å². The van der Waals surface area contributed by atoms with Crippen molar-refractivity contribution in [1.82, 2.24) is 10.2 Å². The van der Waals surface area contributed by atoms with Crippen LogP contribution in [0.3, 0.4) is 0 Å². The molecule has 1 rings (SSSR count). The van der Waals surface area contributed by atoms with Crippen LogP contribution in [0.15, 0.2) is 17.5 Å². The molecular formula is C13H20N2O3S. The summed E-state index contributed by atoms with van der Waals surface area (Å²) < 4.78 is 0. The maximum atomic E-state index is 12.1. The molecule has 0 aliphatic heterocycles. The molecule has 1 aromatic rings. The van der Waals surface area contributed by atoms with E-state index in [0.29, 0.717) is 0 Å². The highest BCUT2D eigenvalue weighted by atomic mass is 32.1. The molecule has 0 saturated heterocycles. The lowest BCUT2D eigenvalue weighted by Gasteiger charge is -2.27. The minimum absolute atomic E-state index is 0.0818. The molecule has 0 aliphatic rings. The summed E-state index contributed by atoms with van der Waals surface area (Å²) in [7, 11) is 1.67. The SMILES string of the molecule is CC(C)C(NC(=O)N(C)C(C)c1cccs1)C(=O)O. The van der Waals surface area contributed by atoms with Crippen LogP contribution >= 0.6 is 11.3 Å². The second-order valence-corrected chi connectivity index (χ2v) is 5.79. The Kier molecular flexibility index (Phi) is 5.35. The standard InChI is InChI=1S/C13H20N2O3S/c1-8(2)11(12(16)17)14-13(18)15(4)9(3)10-6-5-7-19-10/h5-9,11H,1-4H3,(H,14,18)(H,16,17). The van der Waals surface area contributed by atoms with Gasteiger partial charge in [0.05, 0.1) is 6.04 Å². The van der Waals surface area contributed by atoms with Gasteiger partial charge in [-0.2, -0.15) is 0 Å². The fourth-order valence-corrected chi connectivity index (χ4v) is 2.47. The van der Waals surface area contributed by atoms with Crippen LogP contribution in [0.25, 0.3) is 0 Å². The number of thiophene rings is 1. The highest BCUT2D eigenvalue weighted by Crippen LogP contribution is 2.23. The van der Waals surface area contributed by atoms with Crippen molar-refractivity contribution in [2.75, 3.05) is 7.05 Å². The van der Waals surface area contributed by atoms with Gasteiger partial charge in [0.2, 0.25) is 0 Å². The van der Waals surface area contributed by atoms with E-state index in [2.05, 4.69) is 5.32 Å². The maximum Gasteiger partial charge on any atom is 0.326 e. The summed E-state index contributed by atoms with van der Waals surface area (Å²) in [6.45, 7) is 5.44. The zero-order valence-corrected chi connectivity index (χ0v) is 12.4. The fraction of sp³-hybridized carbons (Fsp3) is 0.538. The van der Waals surface area contributed by atoms with E-state index < -0.39 is 12.0 Å². The van der Waals surface area contributed by atoms with Gasteiger partial charge in [-0.15, -0.1) is 11.3 Å². The molecule has 6 heteroatoms. The molecule has 0 aliphatic carbocycles. The van der Waals surface area contributed by atoms with Crippen LogP contribution in [-0.4, -0.2) is 35.1 Å². The van der Waals surface area contributed by atoms with E-state index in [1.807, 2.05) is 24.4 Å². The summed E-state index contributed by atoms with van der Waals surface area (Å²) in [5, 5.41) is 13.6. The summed E-state index contributed by atoms with van der Waals surface area (Å²) in [5.41, 5.74) is 0. The Hall–Kier alpha value is -1.56. The van der Waals surface area contributed by atoms with E-state index in [0.717, 1.165) is 4.88 Å². The number of aliphatic carboxylic acids is 1. The van der Waals surface area contributed by atoms with Gasteiger partial charge in [-0.3, -0.25) is 0 Å². The maximum absolute atomic E-state index is 12.1. The molecule has 2 N–H and O–H groups in total. The Labute approximate surface area is 117 Å². The van der Waals surface area contributed by atoms with E-state index in [4.69, 9.17) is 5.11 Å². The van der Waals surface area contributed by atoms with Gasteiger partial charge in [-0.05, 0) is 24.3 Å². The minimum atomic E-state index is -1.01. The summed E-state index contributed by atoms with van der Waals surface area (Å²) in [5.74, 6) is -1.17. The zero-order valence-electron chi connectivity index (χ0n) is 11.6. The lowest BCUT2D eigenvalue weighted by Crippen LogP contribution is -2.49. The van der Waals surface area contributed by atoms with E-state index in [-0.39, 0.29) is 18.0 Å². The number of carbonyl (C=O) groups excluding carboxylic acids is 1. The van der Waals surface area contributed by atoms with Gasteiger partial charge in [0.25, 0.3) is 0 Å². The van der Waals surface area contributed by atoms with Crippen molar-refractivity contribution in [3.05, 3.63) is 22.4 Å². The molecule has 1 aromatic heterocycles. The van der Waals surface area contributed by atoms with Gasteiger partial charge in [0.15, 0.2) is 0 Å². The second-order valence-electron chi connectivity index (χ2n) is 4.81. The predicted molar refractivity (Wildman–Crippen MR) is 75.3 cm³/mol. The van der Waals surface area contributed by atoms with Crippen molar-refractivity contribution in [3.63, 3.8) is 0 Å². The van der Waals surface area contributed by atoms with Crippen molar-refractivity contribution < 1.29 is 14.7 Å². The second kappa shape index (κ2) is 6.56. The van der Waals surface area contributed by atoms with Gasteiger partial charge in [-0.1, -0.05) is 19.9 Å². The highest BCUT2D eigenvalue weighted by molar-refractivity contribution is 7.10. The molecule has 0 fully saturated rings. The van der Waals surface area contributed by atoms with Crippen LogP contribution in [0.5, 0.6) is 0 Å². The van der Waals surface area contributed by atoms with Crippen molar-refractivity contribution in [2.24, 2.45) is 5.92 Å². The molecule has 2 atom stereocenters. The van der Waals surface area contributed by atoms with Crippen LogP contribution in [0.2, 0.25) is 0 Å². The average Bonchev–Trinajstić information content (AvgIpc) is 2.86. The Morgan fingerprint density at radius 1 is 1.37 bits per heavy atom. The normalized spacial score (nSPS) is 13.9. The van der Waals surface area contributed by atoms with Crippen LogP contribution in [0.1, 0.15) is 31.7 Å². The largest absolute Gasteiger partial charge is 0.480 e. The van der Waals surface area contributed by atoms with Crippen molar-refractivity contribution >= 4 is 23.3 Å². The summed E-state index contributed by atoms with van der Waals surface area (Å²) >= 11 is 1.57. The third kappa shape index (κ3) is 3.96. The molecule has 0 saturated carbocycles. The zero-order chi connectivity index (χ0) is 14.6. The van der Waals surface area contributed by atoms with Crippen LogP contribution < -0.4 is 5.32 Å². The van der Waals surface area contributed by atoms with Gasteiger partial charge in [0, 0.05) is 11.9 Å². The molecule has 2 amide bonds. The molecule has 5 nitrogen and oxygen atoms in total. The first-order valence-corrected chi connectivity index (χ1v) is 7.02. The van der Waals surface area contributed by atoms with Crippen molar-refractivity contribution in [3.8, 4) is 0 Å². The number of hydrogen-bond acceptors (Lipinski definition) is 3. The highest BCUT2D eigenvalue weighted by Gasteiger charge is 2.26. The van der Waals surface area contributed by atoms with Crippen molar-refractivity contribution in [2.45, 2.75) is 32.9 Å².